The zero-order valence-electron chi connectivity index (χ0n) is 24.5. The van der Waals surface area contributed by atoms with E-state index in [1.165, 1.54) is 69.1 Å². The van der Waals surface area contributed by atoms with Crippen molar-refractivity contribution < 1.29 is 23.0 Å². The highest BCUT2D eigenvalue weighted by molar-refractivity contribution is 5.35. The Hall–Kier alpha value is -2.30. The first-order valence-corrected chi connectivity index (χ1v) is 16.0. The van der Waals surface area contributed by atoms with Gasteiger partial charge in [-0.25, -0.2) is 0 Å². The summed E-state index contributed by atoms with van der Waals surface area (Å²) in [6, 6.07) is 11.8. The van der Waals surface area contributed by atoms with Gasteiger partial charge in [0, 0.05) is 0 Å². The van der Waals surface area contributed by atoms with E-state index in [4.69, 9.17) is 14.2 Å². The molecule has 5 rings (SSSR count). The van der Waals surface area contributed by atoms with Crippen LogP contribution in [0.5, 0.6) is 17.2 Å². The Morgan fingerprint density at radius 2 is 1.20 bits per heavy atom. The van der Waals surface area contributed by atoms with E-state index in [0.717, 1.165) is 55.8 Å². The average molecular weight is 555 g/mol. The second-order valence-electron chi connectivity index (χ2n) is 12.7. The molecule has 4 unspecified atom stereocenters. The number of hydrogen-bond acceptors (Lipinski definition) is 3. The van der Waals surface area contributed by atoms with Gasteiger partial charge in [0.25, 0.3) is 0 Å². The van der Waals surface area contributed by atoms with Crippen LogP contribution in [0.3, 0.4) is 0 Å². The molecule has 0 aliphatic heterocycles. The van der Waals surface area contributed by atoms with Gasteiger partial charge < -0.3 is 14.2 Å². The van der Waals surface area contributed by atoms with Crippen molar-refractivity contribution in [3.8, 4) is 17.2 Å². The molecule has 3 nitrogen and oxygen atoms in total. The molecule has 0 saturated heterocycles. The normalized spacial score (nSPS) is 28.5. The summed E-state index contributed by atoms with van der Waals surface area (Å²) in [7, 11) is 0. The summed E-state index contributed by atoms with van der Waals surface area (Å²) in [5.74, 6) is 3.38. The van der Waals surface area contributed by atoms with Crippen molar-refractivity contribution in [2.45, 2.75) is 96.8 Å². The van der Waals surface area contributed by atoms with Gasteiger partial charge in [0.15, 0.2) is 11.5 Å². The molecule has 3 fully saturated rings. The minimum atomic E-state index is -0.981. The standard InChI is InChI=1S/C35H48F2O3/c1-3-5-24-10-11-30-21-29(13-12-28(30)20-24)27-14-16-31(17-15-27)39-22-25-6-8-26(9-7-25)23-40-33-19-18-32(38-4-2)34(36)35(33)37/h14-19,24-26,28-30H,3-13,20-23H2,1-2H3. The maximum absolute atomic E-state index is 14.3. The highest BCUT2D eigenvalue weighted by Crippen LogP contribution is 2.48. The van der Waals surface area contributed by atoms with E-state index in [-0.39, 0.29) is 18.1 Å². The fourth-order valence-electron chi connectivity index (χ4n) is 7.67. The minimum absolute atomic E-state index is 0.0396. The number of rotatable bonds is 11. The van der Waals surface area contributed by atoms with Crippen LogP contribution in [0.4, 0.5) is 8.78 Å². The summed E-state index contributed by atoms with van der Waals surface area (Å²) in [4.78, 5) is 0. The summed E-state index contributed by atoms with van der Waals surface area (Å²) < 4.78 is 45.4. The molecule has 4 atom stereocenters. The first kappa shape index (κ1) is 29.2. The van der Waals surface area contributed by atoms with Gasteiger partial charge in [-0.15, -0.1) is 0 Å². The summed E-state index contributed by atoms with van der Waals surface area (Å²) in [5, 5.41) is 0. The largest absolute Gasteiger partial charge is 0.493 e. The van der Waals surface area contributed by atoms with Crippen molar-refractivity contribution in [3.05, 3.63) is 53.6 Å². The molecule has 3 saturated carbocycles. The lowest BCUT2D eigenvalue weighted by molar-refractivity contribution is 0.114. The van der Waals surface area contributed by atoms with Crippen LogP contribution in [0.15, 0.2) is 36.4 Å². The van der Waals surface area contributed by atoms with Gasteiger partial charge in [-0.2, -0.15) is 8.78 Å². The number of halogens is 2. The second-order valence-corrected chi connectivity index (χ2v) is 12.7. The van der Waals surface area contributed by atoms with E-state index in [0.29, 0.717) is 24.4 Å². The van der Waals surface area contributed by atoms with Crippen molar-refractivity contribution in [2.24, 2.45) is 29.6 Å². The molecule has 5 heteroatoms. The van der Waals surface area contributed by atoms with E-state index >= 15 is 0 Å². The van der Waals surface area contributed by atoms with Crippen molar-refractivity contribution in [2.75, 3.05) is 19.8 Å². The predicted octanol–water partition coefficient (Wildman–Crippen LogP) is 9.73. The van der Waals surface area contributed by atoms with Crippen molar-refractivity contribution in [1.29, 1.82) is 0 Å². The Morgan fingerprint density at radius 3 is 1.85 bits per heavy atom. The van der Waals surface area contributed by atoms with Gasteiger partial charge >= 0.3 is 0 Å². The number of hydrogen-bond donors (Lipinski definition) is 0. The molecule has 2 aromatic rings. The van der Waals surface area contributed by atoms with E-state index < -0.39 is 11.6 Å². The fourth-order valence-corrected chi connectivity index (χ4v) is 7.67. The Bertz CT molecular complexity index is 1060. The molecule has 3 aliphatic carbocycles. The Labute approximate surface area is 240 Å². The van der Waals surface area contributed by atoms with Crippen LogP contribution in [-0.2, 0) is 0 Å². The van der Waals surface area contributed by atoms with Gasteiger partial charge in [0.1, 0.15) is 5.75 Å². The molecule has 0 amide bonds. The zero-order chi connectivity index (χ0) is 27.9. The molecule has 220 valence electrons. The van der Waals surface area contributed by atoms with Gasteiger partial charge in [-0.1, -0.05) is 38.3 Å². The maximum atomic E-state index is 14.3. The molecule has 2 aromatic carbocycles. The molecular weight excluding hydrogens is 506 g/mol. The quantitative estimate of drug-likeness (QED) is 0.277. The molecule has 0 N–H and O–H groups in total. The summed E-state index contributed by atoms with van der Waals surface area (Å²) >= 11 is 0. The van der Waals surface area contributed by atoms with Crippen LogP contribution in [-0.4, -0.2) is 19.8 Å². The molecule has 0 heterocycles. The molecule has 3 aliphatic rings. The molecule has 0 bridgehead atoms. The molecule has 0 radical (unpaired) electrons. The van der Waals surface area contributed by atoms with E-state index in [9.17, 15) is 8.78 Å². The highest BCUT2D eigenvalue weighted by Gasteiger charge is 2.35. The Balaban J connectivity index is 1.01. The lowest BCUT2D eigenvalue weighted by Gasteiger charge is -2.42. The summed E-state index contributed by atoms with van der Waals surface area (Å²) in [5.41, 5.74) is 1.49. The number of ether oxygens (including phenoxy) is 3. The van der Waals surface area contributed by atoms with E-state index in [1.807, 2.05) is 0 Å². The lowest BCUT2D eigenvalue weighted by Crippen LogP contribution is -2.30. The SMILES string of the molecule is CCCC1CCC2CC(c3ccc(OCC4CCC(COc5ccc(OCC)c(F)c5F)CC4)cc3)CCC2C1. The predicted molar refractivity (Wildman–Crippen MR) is 156 cm³/mol. The van der Waals surface area contributed by atoms with Crippen molar-refractivity contribution in [1.82, 2.24) is 0 Å². The van der Waals surface area contributed by atoms with Gasteiger partial charge in [0.2, 0.25) is 11.6 Å². The molecule has 0 aromatic heterocycles. The third-order valence-corrected chi connectivity index (χ3v) is 10.0. The van der Waals surface area contributed by atoms with E-state index in [2.05, 4.69) is 31.2 Å². The fraction of sp³-hybridized carbons (Fsp3) is 0.657. The Morgan fingerprint density at radius 1 is 0.625 bits per heavy atom. The minimum Gasteiger partial charge on any atom is -0.493 e. The molecular formula is C35H48F2O3. The summed E-state index contributed by atoms with van der Waals surface area (Å²) in [6.45, 7) is 5.50. The van der Waals surface area contributed by atoms with Crippen molar-refractivity contribution >= 4 is 0 Å². The summed E-state index contributed by atoms with van der Waals surface area (Å²) in [6.07, 6.45) is 15.4. The van der Waals surface area contributed by atoms with Crippen LogP contribution in [0.2, 0.25) is 0 Å². The Kier molecular flexibility index (Phi) is 10.3. The van der Waals surface area contributed by atoms with Gasteiger partial charge in [0.05, 0.1) is 19.8 Å². The van der Waals surface area contributed by atoms with Gasteiger partial charge in [-0.3, -0.25) is 0 Å². The van der Waals surface area contributed by atoms with Crippen molar-refractivity contribution in [3.63, 3.8) is 0 Å². The highest BCUT2D eigenvalue weighted by atomic mass is 19.2. The monoisotopic (exact) mass is 554 g/mol. The third-order valence-electron chi connectivity index (χ3n) is 10.0. The average Bonchev–Trinajstić information content (AvgIpc) is 2.99. The van der Waals surface area contributed by atoms with Crippen LogP contribution < -0.4 is 14.2 Å². The van der Waals surface area contributed by atoms with Crippen LogP contribution in [0.25, 0.3) is 0 Å². The maximum Gasteiger partial charge on any atom is 0.204 e. The molecule has 0 spiro atoms. The first-order chi connectivity index (χ1) is 19.5. The van der Waals surface area contributed by atoms with Crippen LogP contribution in [0, 0.1) is 41.2 Å². The third kappa shape index (κ3) is 7.31. The van der Waals surface area contributed by atoms with E-state index in [1.54, 1.807) is 6.92 Å². The van der Waals surface area contributed by atoms with Gasteiger partial charge in [-0.05, 0) is 130 Å². The first-order valence-electron chi connectivity index (χ1n) is 16.0. The van der Waals surface area contributed by atoms with Crippen LogP contribution in [0.1, 0.15) is 102 Å². The molecule has 40 heavy (non-hydrogen) atoms. The lowest BCUT2D eigenvalue weighted by atomic mass is 9.63. The van der Waals surface area contributed by atoms with Crippen LogP contribution >= 0.6 is 0 Å². The zero-order valence-corrected chi connectivity index (χ0v) is 24.5. The smallest absolute Gasteiger partial charge is 0.204 e. The number of benzene rings is 2. The number of fused-ring (bicyclic) bond motifs is 1. The second kappa shape index (κ2) is 14.0. The topological polar surface area (TPSA) is 27.7 Å².